The molecule has 2 aliphatic rings. The van der Waals surface area contributed by atoms with E-state index in [1.807, 2.05) is 63.1 Å². The van der Waals surface area contributed by atoms with Crippen LogP contribution in [0.2, 0.25) is 5.02 Å². The normalized spacial score (nSPS) is 16.9. The number of carbonyl (C=O) groups excluding carboxylic acids is 2. The van der Waals surface area contributed by atoms with Crippen LogP contribution in [0.5, 0.6) is 0 Å². The standard InChI is InChI=1S/C28H31ClN4O2/c29-24-11-9-22(10-12-24)26-25(20-33(30-26)19-21-7-3-1-4-8-21)28(35)32-17-13-23(14-18-32)27(34)31-15-5-2-6-16-31/h1,3-4,7-12,20,23H,2,5-6,13-19H2. The average Bonchev–Trinajstić information content (AvgIpc) is 3.33. The lowest BCUT2D eigenvalue weighted by Gasteiger charge is -2.35. The number of nitrogens with zero attached hydrogens (tertiary/aromatic N) is 4. The maximum Gasteiger partial charge on any atom is 0.257 e. The first kappa shape index (κ1) is 23.6. The Bertz CT molecular complexity index is 1160. The highest BCUT2D eigenvalue weighted by Gasteiger charge is 2.32. The van der Waals surface area contributed by atoms with Crippen molar-refractivity contribution >= 4 is 23.4 Å². The lowest BCUT2D eigenvalue weighted by Crippen LogP contribution is -2.45. The molecule has 0 radical (unpaired) electrons. The van der Waals surface area contributed by atoms with E-state index in [0.717, 1.165) is 49.9 Å². The number of carbonyl (C=O) groups is 2. The van der Waals surface area contributed by atoms with Gasteiger partial charge in [-0.3, -0.25) is 14.3 Å². The maximum absolute atomic E-state index is 13.7. The molecule has 0 bridgehead atoms. The van der Waals surface area contributed by atoms with Crippen LogP contribution >= 0.6 is 11.6 Å². The molecule has 0 unspecified atom stereocenters. The molecule has 2 amide bonds. The van der Waals surface area contributed by atoms with E-state index in [-0.39, 0.29) is 17.7 Å². The van der Waals surface area contributed by atoms with Gasteiger partial charge in [0.2, 0.25) is 5.91 Å². The van der Waals surface area contributed by atoms with Crippen LogP contribution in [0.15, 0.2) is 60.8 Å². The van der Waals surface area contributed by atoms with E-state index < -0.39 is 0 Å². The quantitative estimate of drug-likeness (QED) is 0.499. The van der Waals surface area contributed by atoms with Gasteiger partial charge in [0, 0.05) is 48.9 Å². The van der Waals surface area contributed by atoms with Gasteiger partial charge in [0.15, 0.2) is 0 Å². The lowest BCUT2D eigenvalue weighted by atomic mass is 9.93. The molecular weight excluding hydrogens is 460 g/mol. The van der Waals surface area contributed by atoms with Crippen molar-refractivity contribution in [3.05, 3.63) is 76.9 Å². The van der Waals surface area contributed by atoms with Crippen LogP contribution in [0, 0.1) is 5.92 Å². The zero-order valence-electron chi connectivity index (χ0n) is 19.9. The number of halogens is 1. The number of rotatable bonds is 5. The fourth-order valence-electron chi connectivity index (χ4n) is 5.12. The Morgan fingerprint density at radius 1 is 0.857 bits per heavy atom. The Kier molecular flexibility index (Phi) is 7.19. The smallest absolute Gasteiger partial charge is 0.257 e. The summed E-state index contributed by atoms with van der Waals surface area (Å²) in [7, 11) is 0. The van der Waals surface area contributed by atoms with Gasteiger partial charge in [-0.05, 0) is 49.8 Å². The van der Waals surface area contributed by atoms with Crippen molar-refractivity contribution in [3.8, 4) is 11.3 Å². The summed E-state index contributed by atoms with van der Waals surface area (Å²) in [5.74, 6) is 0.265. The molecule has 1 aromatic heterocycles. The second kappa shape index (κ2) is 10.6. The lowest BCUT2D eigenvalue weighted by molar-refractivity contribution is -0.137. The molecule has 3 heterocycles. The molecule has 2 saturated heterocycles. The molecule has 0 saturated carbocycles. The van der Waals surface area contributed by atoms with Crippen LogP contribution in [0.1, 0.15) is 48.0 Å². The van der Waals surface area contributed by atoms with Crippen molar-refractivity contribution in [1.82, 2.24) is 19.6 Å². The summed E-state index contributed by atoms with van der Waals surface area (Å²) in [4.78, 5) is 30.5. The number of aromatic nitrogens is 2. The minimum atomic E-state index is -0.0295. The van der Waals surface area contributed by atoms with Crippen molar-refractivity contribution in [1.29, 1.82) is 0 Å². The third-order valence-corrected chi connectivity index (χ3v) is 7.35. The van der Waals surface area contributed by atoms with Gasteiger partial charge in [-0.15, -0.1) is 0 Å². The van der Waals surface area contributed by atoms with Crippen molar-refractivity contribution in [2.75, 3.05) is 26.2 Å². The number of hydrogen-bond donors (Lipinski definition) is 0. The van der Waals surface area contributed by atoms with E-state index in [9.17, 15) is 9.59 Å². The van der Waals surface area contributed by atoms with E-state index in [1.165, 1.54) is 6.42 Å². The Morgan fingerprint density at radius 2 is 1.54 bits per heavy atom. The Labute approximate surface area is 211 Å². The summed E-state index contributed by atoms with van der Waals surface area (Å²) >= 11 is 6.10. The van der Waals surface area contributed by atoms with Crippen molar-refractivity contribution in [3.63, 3.8) is 0 Å². The number of hydrogen-bond acceptors (Lipinski definition) is 3. The van der Waals surface area contributed by atoms with Gasteiger partial charge in [0.25, 0.3) is 5.91 Å². The van der Waals surface area contributed by atoms with Gasteiger partial charge in [0.05, 0.1) is 12.1 Å². The number of likely N-dealkylation sites (tertiary alicyclic amines) is 2. The van der Waals surface area contributed by atoms with Crippen molar-refractivity contribution < 1.29 is 9.59 Å². The van der Waals surface area contributed by atoms with E-state index >= 15 is 0 Å². The first-order valence-corrected chi connectivity index (χ1v) is 12.9. The van der Waals surface area contributed by atoms with Crippen LogP contribution in [0.4, 0.5) is 0 Å². The monoisotopic (exact) mass is 490 g/mol. The van der Waals surface area contributed by atoms with E-state index in [2.05, 4.69) is 12.1 Å². The molecule has 182 valence electrons. The SMILES string of the molecule is O=C(c1cn(Cc2ccccc2)nc1-c1ccc(Cl)cc1)N1CCC(C(=O)N2CCCCC2)CC1. The molecule has 2 fully saturated rings. The van der Waals surface area contributed by atoms with Gasteiger partial charge < -0.3 is 9.80 Å². The fraction of sp³-hybridized carbons (Fsp3) is 0.393. The highest BCUT2D eigenvalue weighted by molar-refractivity contribution is 6.30. The molecule has 35 heavy (non-hydrogen) atoms. The summed E-state index contributed by atoms with van der Waals surface area (Å²) in [5, 5.41) is 5.44. The minimum Gasteiger partial charge on any atom is -0.342 e. The molecule has 0 aliphatic carbocycles. The van der Waals surface area contributed by atoms with Crippen LogP contribution in [0.25, 0.3) is 11.3 Å². The number of amides is 2. The largest absolute Gasteiger partial charge is 0.342 e. The van der Waals surface area contributed by atoms with Gasteiger partial charge in [-0.1, -0.05) is 54.1 Å². The molecule has 6 nitrogen and oxygen atoms in total. The Morgan fingerprint density at radius 3 is 2.23 bits per heavy atom. The van der Waals surface area contributed by atoms with Crippen molar-refractivity contribution in [2.24, 2.45) is 5.92 Å². The number of benzene rings is 2. The second-order valence-electron chi connectivity index (χ2n) is 9.53. The van der Waals surface area contributed by atoms with E-state index in [0.29, 0.717) is 35.9 Å². The summed E-state index contributed by atoms with van der Waals surface area (Å²) in [6.07, 6.45) is 6.70. The first-order chi connectivity index (χ1) is 17.1. The van der Waals surface area contributed by atoms with E-state index in [4.69, 9.17) is 16.7 Å². The molecular formula is C28H31ClN4O2. The van der Waals surface area contributed by atoms with Crippen LogP contribution in [0.3, 0.4) is 0 Å². The van der Waals surface area contributed by atoms with Gasteiger partial charge in [-0.25, -0.2) is 0 Å². The molecule has 3 aromatic rings. The molecule has 2 aromatic carbocycles. The van der Waals surface area contributed by atoms with Crippen molar-refractivity contribution in [2.45, 2.75) is 38.6 Å². The third-order valence-electron chi connectivity index (χ3n) is 7.10. The predicted molar refractivity (Wildman–Crippen MR) is 137 cm³/mol. The molecule has 0 atom stereocenters. The maximum atomic E-state index is 13.7. The minimum absolute atomic E-state index is 0.0219. The average molecular weight is 491 g/mol. The van der Waals surface area contributed by atoms with Gasteiger partial charge in [-0.2, -0.15) is 5.10 Å². The van der Waals surface area contributed by atoms with Crippen LogP contribution in [-0.2, 0) is 11.3 Å². The zero-order valence-corrected chi connectivity index (χ0v) is 20.7. The fourth-order valence-corrected chi connectivity index (χ4v) is 5.25. The Balaban J connectivity index is 1.33. The molecule has 7 heteroatoms. The molecule has 0 N–H and O–H groups in total. The highest BCUT2D eigenvalue weighted by Crippen LogP contribution is 2.28. The van der Waals surface area contributed by atoms with Crippen LogP contribution < -0.4 is 0 Å². The summed E-state index contributed by atoms with van der Waals surface area (Å²) in [5.41, 5.74) is 3.23. The first-order valence-electron chi connectivity index (χ1n) is 12.5. The summed E-state index contributed by atoms with van der Waals surface area (Å²) in [6, 6.07) is 17.5. The Hall–Kier alpha value is -3.12. The second-order valence-corrected chi connectivity index (χ2v) is 9.97. The number of piperidine rings is 2. The summed E-state index contributed by atoms with van der Waals surface area (Å²) < 4.78 is 1.83. The molecule has 0 spiro atoms. The third kappa shape index (κ3) is 5.43. The zero-order chi connectivity index (χ0) is 24.2. The molecule has 2 aliphatic heterocycles. The molecule has 5 rings (SSSR count). The summed E-state index contributed by atoms with van der Waals surface area (Å²) in [6.45, 7) is 3.52. The van der Waals surface area contributed by atoms with Gasteiger partial charge in [0.1, 0.15) is 5.69 Å². The van der Waals surface area contributed by atoms with Crippen LogP contribution in [-0.4, -0.2) is 57.6 Å². The predicted octanol–water partition coefficient (Wildman–Crippen LogP) is 5.12. The van der Waals surface area contributed by atoms with E-state index in [1.54, 1.807) is 0 Å². The topological polar surface area (TPSA) is 58.4 Å². The highest BCUT2D eigenvalue weighted by atomic mass is 35.5. The van der Waals surface area contributed by atoms with Gasteiger partial charge >= 0.3 is 0 Å².